The quantitative estimate of drug-likeness (QED) is 0.727. The van der Waals surface area contributed by atoms with Crippen molar-refractivity contribution in [1.29, 1.82) is 0 Å². The van der Waals surface area contributed by atoms with Crippen molar-refractivity contribution in [3.8, 4) is 0 Å². The minimum atomic E-state index is -0.245. The lowest BCUT2D eigenvalue weighted by Crippen LogP contribution is -2.21. The van der Waals surface area contributed by atoms with Crippen LogP contribution in [0.15, 0.2) is 47.4 Å². The zero-order chi connectivity index (χ0) is 15.2. The molecule has 0 amide bonds. The number of rotatable bonds is 6. The van der Waals surface area contributed by atoms with Gasteiger partial charge in [-0.1, -0.05) is 37.6 Å². The van der Waals surface area contributed by atoms with Crippen molar-refractivity contribution in [2.45, 2.75) is 37.1 Å². The van der Waals surface area contributed by atoms with Gasteiger partial charge in [0.05, 0.1) is 0 Å². The third-order valence-electron chi connectivity index (χ3n) is 3.04. The van der Waals surface area contributed by atoms with E-state index in [4.69, 9.17) is 11.6 Å². The van der Waals surface area contributed by atoms with E-state index in [-0.39, 0.29) is 5.82 Å². The standard InChI is InChI=1S/C17H19ClFNS/c1-12(2)20-10-13-3-6-16(7-4-13)21-11-14-9-15(19)5-8-17(14)18/h3-9,12,20H,10-11H2,1-2H3. The third-order valence-corrected chi connectivity index (χ3v) is 4.47. The van der Waals surface area contributed by atoms with Crippen LogP contribution in [0.1, 0.15) is 25.0 Å². The Hall–Kier alpha value is -1.03. The molecule has 1 N–H and O–H groups in total. The Kier molecular flexibility index (Phi) is 6.09. The molecule has 0 unspecified atom stereocenters. The summed E-state index contributed by atoms with van der Waals surface area (Å²) in [4.78, 5) is 1.16. The number of thioether (sulfide) groups is 1. The van der Waals surface area contributed by atoms with Crippen LogP contribution >= 0.6 is 23.4 Å². The fourth-order valence-electron chi connectivity index (χ4n) is 1.84. The fourth-order valence-corrected chi connectivity index (χ4v) is 2.99. The predicted octanol–water partition coefficient (Wildman–Crippen LogP) is 5.27. The molecule has 21 heavy (non-hydrogen) atoms. The van der Waals surface area contributed by atoms with Crippen LogP contribution in [0.5, 0.6) is 0 Å². The Morgan fingerprint density at radius 1 is 1.14 bits per heavy atom. The van der Waals surface area contributed by atoms with Gasteiger partial charge in [-0.05, 0) is 41.5 Å². The lowest BCUT2D eigenvalue weighted by atomic mass is 10.2. The summed E-state index contributed by atoms with van der Waals surface area (Å²) < 4.78 is 13.2. The van der Waals surface area contributed by atoms with Crippen LogP contribution in [0.2, 0.25) is 5.02 Å². The molecule has 0 bridgehead atoms. The monoisotopic (exact) mass is 323 g/mol. The summed E-state index contributed by atoms with van der Waals surface area (Å²) in [6.45, 7) is 5.14. The fraction of sp³-hybridized carbons (Fsp3) is 0.294. The highest BCUT2D eigenvalue weighted by atomic mass is 35.5. The number of hydrogen-bond donors (Lipinski definition) is 1. The molecular formula is C17H19ClFNS. The largest absolute Gasteiger partial charge is 0.310 e. The van der Waals surface area contributed by atoms with Crippen LogP contribution in [0, 0.1) is 5.82 Å². The van der Waals surface area contributed by atoms with Gasteiger partial charge in [0.1, 0.15) is 5.82 Å². The van der Waals surface area contributed by atoms with E-state index in [2.05, 4.69) is 43.4 Å². The van der Waals surface area contributed by atoms with Crippen LogP contribution in [0.3, 0.4) is 0 Å². The Morgan fingerprint density at radius 2 is 1.86 bits per heavy atom. The van der Waals surface area contributed by atoms with E-state index in [0.29, 0.717) is 16.8 Å². The second-order valence-corrected chi connectivity index (χ2v) is 6.66. The van der Waals surface area contributed by atoms with E-state index in [9.17, 15) is 4.39 Å². The number of halogens is 2. The van der Waals surface area contributed by atoms with Crippen LogP contribution in [-0.4, -0.2) is 6.04 Å². The Bertz CT molecular complexity index is 584. The van der Waals surface area contributed by atoms with Gasteiger partial charge in [-0.2, -0.15) is 0 Å². The molecule has 0 saturated heterocycles. The summed E-state index contributed by atoms with van der Waals surface area (Å²) in [6, 6.07) is 13.4. The van der Waals surface area contributed by atoms with Gasteiger partial charge in [-0.25, -0.2) is 4.39 Å². The Labute approximate surface area is 134 Å². The summed E-state index contributed by atoms with van der Waals surface area (Å²) in [5.74, 6) is 0.422. The van der Waals surface area contributed by atoms with E-state index in [1.54, 1.807) is 17.8 Å². The lowest BCUT2D eigenvalue weighted by Gasteiger charge is -2.09. The van der Waals surface area contributed by atoms with Gasteiger partial charge in [0.2, 0.25) is 0 Å². The molecule has 0 aromatic heterocycles. The molecule has 0 aliphatic rings. The molecule has 0 radical (unpaired) electrons. The van der Waals surface area contributed by atoms with Crippen LogP contribution < -0.4 is 5.32 Å². The van der Waals surface area contributed by atoms with Crippen molar-refractivity contribution in [2.24, 2.45) is 0 Å². The topological polar surface area (TPSA) is 12.0 Å². The molecule has 0 saturated carbocycles. The second kappa shape index (κ2) is 7.83. The van der Waals surface area contributed by atoms with E-state index >= 15 is 0 Å². The number of benzene rings is 2. The van der Waals surface area contributed by atoms with Gasteiger partial charge in [0, 0.05) is 28.3 Å². The molecule has 0 atom stereocenters. The highest BCUT2D eigenvalue weighted by Crippen LogP contribution is 2.27. The van der Waals surface area contributed by atoms with Gasteiger partial charge < -0.3 is 5.32 Å². The minimum absolute atomic E-state index is 0.245. The maximum absolute atomic E-state index is 13.2. The van der Waals surface area contributed by atoms with Gasteiger partial charge in [-0.15, -0.1) is 11.8 Å². The smallest absolute Gasteiger partial charge is 0.123 e. The molecule has 2 rings (SSSR count). The van der Waals surface area contributed by atoms with Gasteiger partial charge in [0.25, 0.3) is 0 Å². The molecule has 0 fully saturated rings. The summed E-state index contributed by atoms with van der Waals surface area (Å²) in [5, 5.41) is 4.00. The molecule has 4 heteroatoms. The van der Waals surface area contributed by atoms with Crippen molar-refractivity contribution in [1.82, 2.24) is 5.32 Å². The van der Waals surface area contributed by atoms with Crippen LogP contribution in [0.25, 0.3) is 0 Å². The van der Waals surface area contributed by atoms with E-state index in [1.807, 2.05) is 0 Å². The molecule has 2 aromatic rings. The predicted molar refractivity (Wildman–Crippen MR) is 89.4 cm³/mol. The van der Waals surface area contributed by atoms with Gasteiger partial charge in [-0.3, -0.25) is 0 Å². The summed E-state index contributed by atoms with van der Waals surface area (Å²) in [5.41, 5.74) is 2.09. The van der Waals surface area contributed by atoms with E-state index in [1.165, 1.54) is 17.7 Å². The van der Waals surface area contributed by atoms with E-state index in [0.717, 1.165) is 17.0 Å². The summed E-state index contributed by atoms with van der Waals surface area (Å²) >= 11 is 7.73. The summed E-state index contributed by atoms with van der Waals surface area (Å²) in [7, 11) is 0. The average Bonchev–Trinajstić information content (AvgIpc) is 2.47. The van der Waals surface area contributed by atoms with Crippen molar-refractivity contribution in [3.05, 3.63) is 64.4 Å². The molecule has 0 aliphatic carbocycles. The molecule has 1 nitrogen and oxygen atoms in total. The zero-order valence-corrected chi connectivity index (χ0v) is 13.8. The Morgan fingerprint density at radius 3 is 2.52 bits per heavy atom. The van der Waals surface area contributed by atoms with Crippen molar-refractivity contribution in [2.75, 3.05) is 0 Å². The highest BCUT2D eigenvalue weighted by Gasteiger charge is 2.04. The lowest BCUT2D eigenvalue weighted by molar-refractivity contribution is 0.588. The molecule has 0 heterocycles. The normalized spacial score (nSPS) is 11.1. The van der Waals surface area contributed by atoms with Gasteiger partial charge >= 0.3 is 0 Å². The molecule has 0 spiro atoms. The van der Waals surface area contributed by atoms with Gasteiger partial charge in [0.15, 0.2) is 0 Å². The highest BCUT2D eigenvalue weighted by molar-refractivity contribution is 7.98. The first kappa shape index (κ1) is 16.3. The van der Waals surface area contributed by atoms with Crippen LogP contribution in [0.4, 0.5) is 4.39 Å². The number of hydrogen-bond acceptors (Lipinski definition) is 2. The third kappa shape index (κ3) is 5.34. The first-order valence-corrected chi connectivity index (χ1v) is 8.30. The molecule has 2 aromatic carbocycles. The SMILES string of the molecule is CC(C)NCc1ccc(SCc2cc(F)ccc2Cl)cc1. The number of nitrogens with one attached hydrogen (secondary N) is 1. The maximum atomic E-state index is 13.2. The second-order valence-electron chi connectivity index (χ2n) is 5.20. The summed E-state index contributed by atoms with van der Waals surface area (Å²) in [6.07, 6.45) is 0. The van der Waals surface area contributed by atoms with Crippen molar-refractivity contribution < 1.29 is 4.39 Å². The van der Waals surface area contributed by atoms with Crippen molar-refractivity contribution >= 4 is 23.4 Å². The molecular weight excluding hydrogens is 305 g/mol. The van der Waals surface area contributed by atoms with Crippen LogP contribution in [-0.2, 0) is 12.3 Å². The first-order chi connectivity index (χ1) is 10.0. The average molecular weight is 324 g/mol. The Balaban J connectivity index is 1.93. The zero-order valence-electron chi connectivity index (χ0n) is 12.2. The minimum Gasteiger partial charge on any atom is -0.310 e. The molecule has 0 aliphatic heterocycles. The van der Waals surface area contributed by atoms with Crippen molar-refractivity contribution in [3.63, 3.8) is 0 Å². The first-order valence-electron chi connectivity index (χ1n) is 6.93. The maximum Gasteiger partial charge on any atom is 0.123 e. The van der Waals surface area contributed by atoms with E-state index < -0.39 is 0 Å². The molecule has 112 valence electrons.